The van der Waals surface area contributed by atoms with E-state index in [4.69, 9.17) is 0 Å². The summed E-state index contributed by atoms with van der Waals surface area (Å²) in [5.41, 5.74) is 1.02. The lowest BCUT2D eigenvalue weighted by Gasteiger charge is -2.25. The first-order valence-electron chi connectivity index (χ1n) is 6.52. The second-order valence-electron chi connectivity index (χ2n) is 5.00. The van der Waals surface area contributed by atoms with Crippen molar-refractivity contribution in [3.8, 4) is 0 Å². The molecule has 0 spiro atoms. The zero-order chi connectivity index (χ0) is 13.9. The molecule has 1 heterocycles. The Labute approximate surface area is 122 Å². The molecule has 0 aliphatic heterocycles. The van der Waals surface area contributed by atoms with Gasteiger partial charge in [0.1, 0.15) is 5.60 Å². The molecule has 1 atom stereocenters. The van der Waals surface area contributed by atoms with E-state index >= 15 is 0 Å². The molecule has 0 aliphatic rings. The molecule has 1 aromatic carbocycles. The maximum Gasteiger partial charge on any atom is 0.109 e. The van der Waals surface area contributed by atoms with Gasteiger partial charge in [0.2, 0.25) is 0 Å². The van der Waals surface area contributed by atoms with Gasteiger partial charge in [-0.3, -0.25) is 4.68 Å². The third-order valence-electron chi connectivity index (χ3n) is 3.13. The van der Waals surface area contributed by atoms with Crippen LogP contribution in [0.25, 0.3) is 0 Å². The Balaban J connectivity index is 2.31. The number of benzene rings is 1. The Hall–Kier alpha value is -1.13. The topological polar surface area (TPSA) is 38.0 Å². The Kier molecular flexibility index (Phi) is 4.42. The van der Waals surface area contributed by atoms with Crippen molar-refractivity contribution in [2.75, 3.05) is 0 Å². The number of halogens is 1. The van der Waals surface area contributed by atoms with Gasteiger partial charge in [-0.05, 0) is 34.8 Å². The molecule has 2 aromatic rings. The van der Waals surface area contributed by atoms with Crippen LogP contribution in [0.4, 0.5) is 0 Å². The maximum absolute atomic E-state index is 10.8. The van der Waals surface area contributed by atoms with Gasteiger partial charge in [0, 0.05) is 13.0 Å². The van der Waals surface area contributed by atoms with Gasteiger partial charge >= 0.3 is 0 Å². The highest BCUT2D eigenvalue weighted by atomic mass is 79.9. The van der Waals surface area contributed by atoms with E-state index in [1.54, 1.807) is 6.20 Å². The Morgan fingerprint density at radius 1 is 1.32 bits per heavy atom. The molecule has 1 N–H and O–H groups in total. The highest BCUT2D eigenvalue weighted by Gasteiger charge is 2.30. The molecule has 0 fully saturated rings. The Morgan fingerprint density at radius 3 is 2.63 bits per heavy atom. The predicted molar refractivity (Wildman–Crippen MR) is 79.9 cm³/mol. The lowest BCUT2D eigenvalue weighted by Crippen LogP contribution is -2.28. The van der Waals surface area contributed by atoms with Crippen molar-refractivity contribution in [3.63, 3.8) is 0 Å². The van der Waals surface area contributed by atoms with Gasteiger partial charge in [0.15, 0.2) is 0 Å². The molecule has 1 aromatic heterocycles. The van der Waals surface area contributed by atoms with E-state index in [-0.39, 0.29) is 0 Å². The summed E-state index contributed by atoms with van der Waals surface area (Å²) in [5.74, 6) is 0. The van der Waals surface area contributed by atoms with E-state index < -0.39 is 5.60 Å². The van der Waals surface area contributed by atoms with E-state index in [1.165, 1.54) is 0 Å². The third kappa shape index (κ3) is 3.25. The Morgan fingerprint density at radius 2 is 2.00 bits per heavy atom. The first-order valence-corrected chi connectivity index (χ1v) is 7.32. The van der Waals surface area contributed by atoms with E-state index in [0.29, 0.717) is 6.42 Å². The third-order valence-corrected chi connectivity index (χ3v) is 3.71. The molecule has 3 nitrogen and oxygen atoms in total. The maximum atomic E-state index is 10.8. The highest BCUT2D eigenvalue weighted by molar-refractivity contribution is 9.10. The summed E-state index contributed by atoms with van der Waals surface area (Å²) in [7, 11) is 0. The van der Waals surface area contributed by atoms with Crippen molar-refractivity contribution in [2.45, 2.75) is 38.8 Å². The average molecular weight is 323 g/mol. The zero-order valence-electron chi connectivity index (χ0n) is 11.3. The van der Waals surface area contributed by atoms with Crippen LogP contribution in [0.1, 0.15) is 31.5 Å². The summed E-state index contributed by atoms with van der Waals surface area (Å²) in [5, 5.41) is 15.1. The number of aryl methyl sites for hydroxylation is 1. The number of aliphatic hydroxyl groups is 1. The van der Waals surface area contributed by atoms with Crippen molar-refractivity contribution in [1.29, 1.82) is 0 Å². The number of hydrogen-bond acceptors (Lipinski definition) is 2. The van der Waals surface area contributed by atoms with Crippen LogP contribution in [0.2, 0.25) is 0 Å². The Bertz CT molecular complexity index is 534. The van der Waals surface area contributed by atoms with Crippen LogP contribution in [-0.4, -0.2) is 14.9 Å². The molecule has 4 heteroatoms. The molecular formula is C15H19BrN2O. The summed E-state index contributed by atoms with van der Waals surface area (Å²) in [6.07, 6.45) is 3.31. The van der Waals surface area contributed by atoms with Gasteiger partial charge in [0.05, 0.1) is 16.4 Å². The van der Waals surface area contributed by atoms with Crippen molar-refractivity contribution < 1.29 is 5.11 Å². The van der Waals surface area contributed by atoms with E-state index in [9.17, 15) is 5.11 Å². The van der Waals surface area contributed by atoms with Gasteiger partial charge in [-0.2, -0.15) is 5.10 Å². The highest BCUT2D eigenvalue weighted by Crippen LogP contribution is 2.31. The molecule has 19 heavy (non-hydrogen) atoms. The van der Waals surface area contributed by atoms with Gasteiger partial charge in [-0.15, -0.1) is 0 Å². The molecular weight excluding hydrogens is 304 g/mol. The van der Waals surface area contributed by atoms with Crippen LogP contribution in [0.5, 0.6) is 0 Å². The fourth-order valence-electron chi connectivity index (χ4n) is 2.36. The molecule has 0 amide bonds. The van der Waals surface area contributed by atoms with Crippen LogP contribution in [-0.2, 0) is 18.6 Å². The molecule has 0 saturated heterocycles. The largest absolute Gasteiger partial charge is 0.383 e. The fourth-order valence-corrected chi connectivity index (χ4v) is 3.08. The first kappa shape index (κ1) is 14.3. The van der Waals surface area contributed by atoms with E-state index in [2.05, 4.69) is 28.0 Å². The van der Waals surface area contributed by atoms with Gasteiger partial charge in [0.25, 0.3) is 0 Å². The molecule has 0 bridgehead atoms. The number of rotatable bonds is 5. The predicted octanol–water partition coefficient (Wildman–Crippen LogP) is 3.51. The van der Waals surface area contributed by atoms with Crippen LogP contribution >= 0.6 is 15.9 Å². The molecule has 2 rings (SSSR count). The van der Waals surface area contributed by atoms with Crippen molar-refractivity contribution in [2.24, 2.45) is 0 Å². The minimum absolute atomic E-state index is 0.571. The lowest BCUT2D eigenvalue weighted by molar-refractivity contribution is 0.0470. The first-order chi connectivity index (χ1) is 9.04. The number of hydrogen-bond donors (Lipinski definition) is 1. The van der Waals surface area contributed by atoms with Crippen LogP contribution in [0.15, 0.2) is 41.0 Å². The molecule has 0 saturated carbocycles. The molecule has 102 valence electrons. The summed E-state index contributed by atoms with van der Waals surface area (Å²) in [4.78, 5) is 0. The number of aromatic nitrogens is 2. The monoisotopic (exact) mass is 322 g/mol. The smallest absolute Gasteiger partial charge is 0.109 e. The van der Waals surface area contributed by atoms with Crippen molar-refractivity contribution in [1.82, 2.24) is 9.78 Å². The minimum atomic E-state index is -0.939. The van der Waals surface area contributed by atoms with Crippen molar-refractivity contribution in [3.05, 3.63) is 52.3 Å². The fraction of sp³-hybridized carbons (Fsp3) is 0.400. The second kappa shape index (κ2) is 5.88. The number of nitrogens with zero attached hydrogens (tertiary/aromatic N) is 2. The average Bonchev–Trinajstić information content (AvgIpc) is 2.72. The van der Waals surface area contributed by atoms with Crippen LogP contribution in [0.3, 0.4) is 0 Å². The summed E-state index contributed by atoms with van der Waals surface area (Å²) in [6.45, 7) is 4.76. The summed E-state index contributed by atoms with van der Waals surface area (Å²) in [6, 6.07) is 10.0. The quantitative estimate of drug-likeness (QED) is 0.914. The summed E-state index contributed by atoms with van der Waals surface area (Å²) < 4.78 is 2.74. The van der Waals surface area contributed by atoms with Crippen LogP contribution in [0, 0.1) is 0 Å². The zero-order valence-corrected chi connectivity index (χ0v) is 12.9. The van der Waals surface area contributed by atoms with E-state index in [0.717, 1.165) is 28.7 Å². The normalized spacial score (nSPS) is 14.3. The van der Waals surface area contributed by atoms with E-state index in [1.807, 2.05) is 41.9 Å². The lowest BCUT2D eigenvalue weighted by atomic mass is 9.93. The van der Waals surface area contributed by atoms with Gasteiger partial charge in [-0.25, -0.2) is 0 Å². The standard InChI is InChI=1S/C15H19BrN2O/c1-3-9-18-14(13(16)11-17-18)15(2,19)10-12-7-5-4-6-8-12/h4-8,11,19H,3,9-10H2,1-2H3. The molecule has 1 unspecified atom stereocenters. The summed E-state index contributed by atoms with van der Waals surface area (Å²) >= 11 is 3.49. The van der Waals surface area contributed by atoms with Gasteiger partial charge in [-0.1, -0.05) is 37.3 Å². The molecule has 0 aliphatic carbocycles. The van der Waals surface area contributed by atoms with Crippen molar-refractivity contribution >= 4 is 15.9 Å². The van der Waals surface area contributed by atoms with Gasteiger partial charge < -0.3 is 5.11 Å². The van der Waals surface area contributed by atoms with Crippen LogP contribution < -0.4 is 0 Å². The second-order valence-corrected chi connectivity index (χ2v) is 5.85. The SMILES string of the molecule is CCCn1ncc(Br)c1C(C)(O)Cc1ccccc1. The molecule has 0 radical (unpaired) electrons. The minimum Gasteiger partial charge on any atom is -0.383 e.